The summed E-state index contributed by atoms with van der Waals surface area (Å²) in [6.07, 6.45) is 8.93. The molecule has 3 heteroatoms. The minimum Gasteiger partial charge on any atom is -0.394 e. The van der Waals surface area contributed by atoms with Crippen LogP contribution in [-0.2, 0) is 0 Å². The fraction of sp³-hybridized carbons (Fsp3) is 1.00. The normalized spacial score (nSPS) is 27.6. The van der Waals surface area contributed by atoms with Crippen molar-refractivity contribution in [3.8, 4) is 0 Å². The molecule has 2 aliphatic rings. The molecule has 0 spiro atoms. The van der Waals surface area contributed by atoms with E-state index in [4.69, 9.17) is 0 Å². The molecule has 3 nitrogen and oxygen atoms in total. The quantitative estimate of drug-likeness (QED) is 0.630. The molecule has 1 saturated carbocycles. The van der Waals surface area contributed by atoms with Crippen molar-refractivity contribution in [3.05, 3.63) is 0 Å². The van der Waals surface area contributed by atoms with E-state index in [0.717, 1.165) is 12.3 Å². The van der Waals surface area contributed by atoms with E-state index in [9.17, 15) is 5.11 Å². The van der Waals surface area contributed by atoms with E-state index in [1.54, 1.807) is 0 Å². The van der Waals surface area contributed by atoms with E-state index < -0.39 is 0 Å². The van der Waals surface area contributed by atoms with E-state index in [-0.39, 0.29) is 12.1 Å². The Morgan fingerprint density at radius 1 is 1.26 bits per heavy atom. The molecule has 1 heterocycles. The first-order chi connectivity index (χ1) is 9.15. The Bertz CT molecular complexity index is 267. The highest BCUT2D eigenvalue weighted by atomic mass is 16.3. The summed E-state index contributed by atoms with van der Waals surface area (Å²) in [5.74, 6) is 0.944. The molecule has 0 aromatic heterocycles. The summed E-state index contributed by atoms with van der Waals surface area (Å²) in [7, 11) is 0. The first-order valence-electron chi connectivity index (χ1n) is 8.26. The SMILES string of the molecule is CCC1CCN(CCCCC(C)(CO)NC2CC2)C1. The van der Waals surface area contributed by atoms with Gasteiger partial charge in [-0.15, -0.1) is 0 Å². The molecule has 0 aromatic carbocycles. The summed E-state index contributed by atoms with van der Waals surface area (Å²) in [4.78, 5) is 2.62. The van der Waals surface area contributed by atoms with E-state index in [2.05, 4.69) is 24.1 Å². The lowest BCUT2D eigenvalue weighted by Crippen LogP contribution is -2.46. The first-order valence-corrected chi connectivity index (χ1v) is 8.26. The molecule has 0 aromatic rings. The molecule has 2 atom stereocenters. The summed E-state index contributed by atoms with van der Waals surface area (Å²) < 4.78 is 0. The van der Waals surface area contributed by atoms with Crippen molar-refractivity contribution in [2.45, 2.75) is 70.4 Å². The van der Waals surface area contributed by atoms with Gasteiger partial charge >= 0.3 is 0 Å². The molecule has 19 heavy (non-hydrogen) atoms. The summed E-state index contributed by atoms with van der Waals surface area (Å²) in [5.41, 5.74) is -0.0435. The maximum atomic E-state index is 9.57. The van der Waals surface area contributed by atoms with Gasteiger partial charge in [-0.1, -0.05) is 19.8 Å². The molecule has 1 saturated heterocycles. The molecule has 2 N–H and O–H groups in total. The van der Waals surface area contributed by atoms with Crippen molar-refractivity contribution < 1.29 is 5.11 Å². The number of aliphatic hydroxyl groups is 1. The lowest BCUT2D eigenvalue weighted by molar-refractivity contribution is 0.159. The highest BCUT2D eigenvalue weighted by Gasteiger charge is 2.31. The second kappa shape index (κ2) is 7.05. The van der Waals surface area contributed by atoms with E-state index in [0.29, 0.717) is 6.04 Å². The van der Waals surface area contributed by atoms with Crippen molar-refractivity contribution in [3.63, 3.8) is 0 Å². The van der Waals surface area contributed by atoms with Crippen LogP contribution in [0.4, 0.5) is 0 Å². The zero-order valence-electron chi connectivity index (χ0n) is 12.8. The minimum absolute atomic E-state index is 0.0435. The first kappa shape index (κ1) is 15.3. The van der Waals surface area contributed by atoms with Crippen molar-refractivity contribution >= 4 is 0 Å². The third-order valence-corrected chi connectivity index (χ3v) is 4.88. The predicted molar refractivity (Wildman–Crippen MR) is 80.3 cm³/mol. The monoisotopic (exact) mass is 268 g/mol. The van der Waals surface area contributed by atoms with Gasteiger partial charge in [-0.3, -0.25) is 0 Å². The maximum Gasteiger partial charge on any atom is 0.0610 e. The number of rotatable bonds is 9. The van der Waals surface area contributed by atoms with Crippen LogP contribution in [0, 0.1) is 5.92 Å². The highest BCUT2D eigenvalue weighted by molar-refractivity contribution is 4.92. The lowest BCUT2D eigenvalue weighted by Gasteiger charge is -2.29. The molecule has 0 amide bonds. The van der Waals surface area contributed by atoms with Crippen LogP contribution in [0.2, 0.25) is 0 Å². The molecular weight excluding hydrogens is 236 g/mol. The standard InChI is InChI=1S/C16H32N2O/c1-3-14-8-11-18(12-14)10-5-4-9-16(2,13-19)17-15-6-7-15/h14-15,17,19H,3-13H2,1-2H3. The number of nitrogens with zero attached hydrogens (tertiary/aromatic N) is 1. The molecule has 0 radical (unpaired) electrons. The molecule has 2 unspecified atom stereocenters. The number of nitrogens with one attached hydrogen (secondary N) is 1. The van der Waals surface area contributed by atoms with E-state index >= 15 is 0 Å². The van der Waals surface area contributed by atoms with Crippen LogP contribution in [0.15, 0.2) is 0 Å². The Morgan fingerprint density at radius 3 is 2.63 bits per heavy atom. The molecular formula is C16H32N2O. The van der Waals surface area contributed by atoms with Crippen LogP contribution in [0.5, 0.6) is 0 Å². The topological polar surface area (TPSA) is 35.5 Å². The summed E-state index contributed by atoms with van der Waals surface area (Å²) in [6.45, 7) is 8.62. The number of unbranched alkanes of at least 4 members (excludes halogenated alkanes) is 1. The van der Waals surface area contributed by atoms with Crippen molar-refractivity contribution in [2.24, 2.45) is 5.92 Å². The zero-order chi connectivity index (χ0) is 13.7. The van der Waals surface area contributed by atoms with Gasteiger partial charge in [0.05, 0.1) is 6.61 Å². The Kier molecular flexibility index (Phi) is 5.67. The zero-order valence-corrected chi connectivity index (χ0v) is 12.8. The van der Waals surface area contributed by atoms with Gasteiger partial charge in [0, 0.05) is 18.1 Å². The van der Waals surface area contributed by atoms with E-state index in [1.165, 1.54) is 58.2 Å². The second-order valence-electron chi connectivity index (χ2n) is 6.96. The smallest absolute Gasteiger partial charge is 0.0610 e. The molecule has 1 aliphatic carbocycles. The number of aliphatic hydroxyl groups excluding tert-OH is 1. The molecule has 2 rings (SSSR count). The van der Waals surface area contributed by atoms with Crippen LogP contribution in [0.1, 0.15) is 58.8 Å². The molecule has 0 bridgehead atoms. The number of likely N-dealkylation sites (tertiary alicyclic amines) is 1. The van der Waals surface area contributed by atoms with Crippen LogP contribution in [0.3, 0.4) is 0 Å². The Balaban J connectivity index is 1.57. The van der Waals surface area contributed by atoms with Crippen LogP contribution < -0.4 is 5.32 Å². The van der Waals surface area contributed by atoms with Gasteiger partial charge in [-0.2, -0.15) is 0 Å². The maximum absolute atomic E-state index is 9.57. The van der Waals surface area contributed by atoms with Crippen LogP contribution in [0.25, 0.3) is 0 Å². The number of hydrogen-bond acceptors (Lipinski definition) is 3. The van der Waals surface area contributed by atoms with Gasteiger partial charge in [0.1, 0.15) is 0 Å². The summed E-state index contributed by atoms with van der Waals surface area (Å²) in [6, 6.07) is 0.682. The average molecular weight is 268 g/mol. The minimum atomic E-state index is -0.0435. The van der Waals surface area contributed by atoms with Gasteiger partial charge in [-0.05, 0) is 58.0 Å². The molecule has 1 aliphatic heterocycles. The van der Waals surface area contributed by atoms with Gasteiger partial charge in [0.25, 0.3) is 0 Å². The largest absolute Gasteiger partial charge is 0.394 e. The van der Waals surface area contributed by atoms with E-state index in [1.807, 2.05) is 0 Å². The third kappa shape index (κ3) is 5.05. The Labute approximate surface area is 118 Å². The fourth-order valence-electron chi connectivity index (χ4n) is 3.22. The molecule has 112 valence electrons. The van der Waals surface area contributed by atoms with Crippen molar-refractivity contribution in [2.75, 3.05) is 26.2 Å². The van der Waals surface area contributed by atoms with Gasteiger partial charge in [0.15, 0.2) is 0 Å². The third-order valence-electron chi connectivity index (χ3n) is 4.88. The van der Waals surface area contributed by atoms with Gasteiger partial charge < -0.3 is 15.3 Å². The number of hydrogen-bond donors (Lipinski definition) is 2. The predicted octanol–water partition coefficient (Wildman–Crippen LogP) is 2.39. The van der Waals surface area contributed by atoms with Gasteiger partial charge in [0.2, 0.25) is 0 Å². The fourth-order valence-corrected chi connectivity index (χ4v) is 3.22. The second-order valence-corrected chi connectivity index (χ2v) is 6.96. The molecule has 2 fully saturated rings. The van der Waals surface area contributed by atoms with Gasteiger partial charge in [-0.25, -0.2) is 0 Å². The van der Waals surface area contributed by atoms with Crippen LogP contribution >= 0.6 is 0 Å². The average Bonchev–Trinajstić information content (AvgIpc) is 3.09. The van der Waals surface area contributed by atoms with Crippen molar-refractivity contribution in [1.82, 2.24) is 10.2 Å². The summed E-state index contributed by atoms with van der Waals surface area (Å²) in [5, 5.41) is 13.2. The highest BCUT2D eigenvalue weighted by Crippen LogP contribution is 2.25. The van der Waals surface area contributed by atoms with Crippen molar-refractivity contribution in [1.29, 1.82) is 0 Å². The Hall–Kier alpha value is -0.120. The van der Waals surface area contributed by atoms with Crippen LogP contribution in [-0.4, -0.2) is 47.8 Å². The Morgan fingerprint density at radius 2 is 2.05 bits per heavy atom. The lowest BCUT2D eigenvalue weighted by atomic mass is 9.95. The summed E-state index contributed by atoms with van der Waals surface area (Å²) >= 11 is 0.